The highest BCUT2D eigenvalue weighted by molar-refractivity contribution is 7.14. The number of carbonyl (C=O) groups is 1. The first-order chi connectivity index (χ1) is 8.25. The van der Waals surface area contributed by atoms with Crippen molar-refractivity contribution in [2.75, 3.05) is 0 Å². The highest BCUT2D eigenvalue weighted by Crippen LogP contribution is 2.32. The van der Waals surface area contributed by atoms with E-state index in [-0.39, 0.29) is 5.78 Å². The van der Waals surface area contributed by atoms with Crippen molar-refractivity contribution in [3.8, 4) is 0 Å². The van der Waals surface area contributed by atoms with E-state index in [2.05, 4.69) is 0 Å². The number of fused-ring (bicyclic) bond motifs is 1. The van der Waals surface area contributed by atoms with E-state index in [0.29, 0.717) is 10.6 Å². The van der Waals surface area contributed by atoms with Crippen LogP contribution in [-0.4, -0.2) is 5.78 Å². The smallest absolute Gasteiger partial charge is 0.204 e. The van der Waals surface area contributed by atoms with E-state index in [1.807, 2.05) is 18.2 Å². The molecule has 0 saturated heterocycles. The lowest BCUT2D eigenvalue weighted by Crippen LogP contribution is -1.99. The first-order valence-corrected chi connectivity index (χ1v) is 6.86. The zero-order valence-corrected chi connectivity index (χ0v) is 10.8. The van der Waals surface area contributed by atoms with Crippen LogP contribution in [0.1, 0.15) is 32.1 Å². The van der Waals surface area contributed by atoms with Crippen molar-refractivity contribution >= 4 is 28.7 Å². The van der Waals surface area contributed by atoms with Gasteiger partial charge in [0, 0.05) is 10.4 Å². The number of carbonyl (C=O) groups excluding carboxylic acids is 1. The van der Waals surface area contributed by atoms with Gasteiger partial charge in [0.15, 0.2) is 0 Å². The molecule has 0 spiro atoms. The number of hydrogen-bond donors (Lipinski definition) is 0. The minimum absolute atomic E-state index is 0.0509. The molecule has 0 unspecified atom stereocenters. The van der Waals surface area contributed by atoms with Gasteiger partial charge in [0.2, 0.25) is 5.78 Å². The fourth-order valence-electron chi connectivity index (χ4n) is 2.22. The number of rotatable bonds is 2. The number of aryl methyl sites for hydroxylation is 2. The standard InChI is InChI=1S/C14H11ClOS/c15-11-6-2-1-5-10(11)14(16)13-8-9-4-3-7-12(9)17-13/h1-2,5-6,8H,3-4,7H2. The van der Waals surface area contributed by atoms with E-state index >= 15 is 0 Å². The van der Waals surface area contributed by atoms with E-state index in [0.717, 1.165) is 17.7 Å². The van der Waals surface area contributed by atoms with Gasteiger partial charge in [-0.1, -0.05) is 23.7 Å². The second kappa shape index (κ2) is 4.28. The van der Waals surface area contributed by atoms with Crippen LogP contribution >= 0.6 is 22.9 Å². The highest BCUT2D eigenvalue weighted by Gasteiger charge is 2.20. The zero-order valence-electron chi connectivity index (χ0n) is 9.20. The van der Waals surface area contributed by atoms with Gasteiger partial charge in [-0.25, -0.2) is 0 Å². The Morgan fingerprint density at radius 3 is 2.82 bits per heavy atom. The van der Waals surface area contributed by atoms with E-state index in [4.69, 9.17) is 11.6 Å². The summed E-state index contributed by atoms with van der Waals surface area (Å²) in [4.78, 5) is 14.5. The van der Waals surface area contributed by atoms with Crippen molar-refractivity contribution in [1.82, 2.24) is 0 Å². The maximum absolute atomic E-state index is 12.3. The molecule has 1 aromatic heterocycles. The number of thiophene rings is 1. The summed E-state index contributed by atoms with van der Waals surface area (Å²) >= 11 is 7.67. The lowest BCUT2D eigenvalue weighted by Gasteiger charge is -2.00. The van der Waals surface area contributed by atoms with Crippen LogP contribution in [0.4, 0.5) is 0 Å². The van der Waals surface area contributed by atoms with Gasteiger partial charge >= 0.3 is 0 Å². The van der Waals surface area contributed by atoms with Gasteiger partial charge in [-0.2, -0.15) is 0 Å². The molecular formula is C14H11ClOS. The topological polar surface area (TPSA) is 17.1 Å². The molecule has 1 nitrogen and oxygen atoms in total. The van der Waals surface area contributed by atoms with Crippen molar-refractivity contribution in [3.63, 3.8) is 0 Å². The van der Waals surface area contributed by atoms with E-state index in [9.17, 15) is 4.79 Å². The molecule has 3 rings (SSSR count). The lowest BCUT2D eigenvalue weighted by molar-refractivity contribution is 0.104. The molecule has 17 heavy (non-hydrogen) atoms. The molecule has 1 heterocycles. The quantitative estimate of drug-likeness (QED) is 0.744. The van der Waals surface area contributed by atoms with Gasteiger partial charge < -0.3 is 0 Å². The van der Waals surface area contributed by atoms with Crippen LogP contribution in [0.5, 0.6) is 0 Å². The van der Waals surface area contributed by atoms with Crippen LogP contribution in [0.3, 0.4) is 0 Å². The van der Waals surface area contributed by atoms with Crippen molar-refractivity contribution in [3.05, 3.63) is 56.2 Å². The summed E-state index contributed by atoms with van der Waals surface area (Å²) in [7, 11) is 0. The van der Waals surface area contributed by atoms with E-state index < -0.39 is 0 Å². The largest absolute Gasteiger partial charge is 0.288 e. The first kappa shape index (κ1) is 11.0. The number of hydrogen-bond acceptors (Lipinski definition) is 2. The molecule has 0 N–H and O–H groups in total. The van der Waals surface area contributed by atoms with Gasteiger partial charge in [0.1, 0.15) is 0 Å². The van der Waals surface area contributed by atoms with Crippen LogP contribution < -0.4 is 0 Å². The van der Waals surface area contributed by atoms with Gasteiger partial charge in [-0.05, 0) is 43.0 Å². The molecule has 1 aliphatic carbocycles. The molecular weight excluding hydrogens is 252 g/mol. The average Bonchev–Trinajstić information content (AvgIpc) is 2.88. The van der Waals surface area contributed by atoms with Crippen LogP contribution in [0.15, 0.2) is 30.3 Å². The van der Waals surface area contributed by atoms with Crippen molar-refractivity contribution < 1.29 is 4.79 Å². The third kappa shape index (κ3) is 1.92. The van der Waals surface area contributed by atoms with Crippen molar-refractivity contribution in [1.29, 1.82) is 0 Å². The summed E-state index contributed by atoms with van der Waals surface area (Å²) in [6.07, 6.45) is 3.46. The highest BCUT2D eigenvalue weighted by atomic mass is 35.5. The van der Waals surface area contributed by atoms with Crippen LogP contribution in [-0.2, 0) is 12.8 Å². The van der Waals surface area contributed by atoms with Crippen LogP contribution in [0, 0.1) is 0 Å². The van der Waals surface area contributed by atoms with Gasteiger partial charge in [0.05, 0.1) is 9.90 Å². The number of halogens is 1. The Morgan fingerprint density at radius 2 is 2.06 bits per heavy atom. The molecule has 0 amide bonds. The van der Waals surface area contributed by atoms with Gasteiger partial charge in [-0.15, -0.1) is 11.3 Å². The van der Waals surface area contributed by atoms with E-state index in [1.165, 1.54) is 16.9 Å². The molecule has 0 bridgehead atoms. The predicted octanol–water partition coefficient (Wildman–Crippen LogP) is 4.12. The fraction of sp³-hybridized carbons (Fsp3) is 0.214. The molecule has 0 saturated carbocycles. The Balaban J connectivity index is 1.99. The Morgan fingerprint density at radius 1 is 1.24 bits per heavy atom. The average molecular weight is 263 g/mol. The minimum Gasteiger partial charge on any atom is -0.288 e. The monoisotopic (exact) mass is 262 g/mol. The summed E-state index contributed by atoms with van der Waals surface area (Å²) < 4.78 is 0. The molecule has 0 atom stereocenters. The predicted molar refractivity (Wildman–Crippen MR) is 71.2 cm³/mol. The normalized spacial score (nSPS) is 13.7. The van der Waals surface area contributed by atoms with E-state index in [1.54, 1.807) is 23.5 Å². The molecule has 3 heteroatoms. The Kier molecular flexibility index (Phi) is 2.77. The zero-order chi connectivity index (χ0) is 11.8. The second-order valence-corrected chi connectivity index (χ2v) is 5.77. The third-order valence-electron chi connectivity index (χ3n) is 3.09. The maximum atomic E-state index is 12.3. The Bertz CT molecular complexity index is 564. The Hall–Kier alpha value is -1.12. The Labute approximate surface area is 109 Å². The first-order valence-electron chi connectivity index (χ1n) is 5.66. The number of ketones is 1. The summed E-state index contributed by atoms with van der Waals surface area (Å²) in [5.41, 5.74) is 1.96. The van der Waals surface area contributed by atoms with Crippen LogP contribution in [0.25, 0.3) is 0 Å². The number of benzene rings is 1. The maximum Gasteiger partial charge on any atom is 0.204 e. The van der Waals surface area contributed by atoms with Crippen molar-refractivity contribution in [2.24, 2.45) is 0 Å². The third-order valence-corrected chi connectivity index (χ3v) is 4.65. The summed E-state index contributed by atoms with van der Waals surface area (Å²) in [5.74, 6) is 0.0509. The molecule has 0 aliphatic heterocycles. The van der Waals surface area contributed by atoms with Gasteiger partial charge in [-0.3, -0.25) is 4.79 Å². The molecule has 0 fully saturated rings. The lowest BCUT2D eigenvalue weighted by atomic mass is 10.1. The summed E-state index contributed by atoms with van der Waals surface area (Å²) in [6, 6.07) is 9.28. The molecule has 2 aromatic rings. The molecule has 0 radical (unpaired) electrons. The molecule has 86 valence electrons. The minimum atomic E-state index is 0.0509. The fourth-order valence-corrected chi connectivity index (χ4v) is 3.65. The van der Waals surface area contributed by atoms with Crippen LogP contribution in [0.2, 0.25) is 5.02 Å². The SMILES string of the molecule is O=C(c1cc2c(s1)CCC2)c1ccccc1Cl. The van der Waals surface area contributed by atoms with Crippen molar-refractivity contribution in [2.45, 2.75) is 19.3 Å². The summed E-state index contributed by atoms with van der Waals surface area (Å²) in [5, 5.41) is 0.533. The molecule has 1 aromatic carbocycles. The molecule has 1 aliphatic rings. The second-order valence-electron chi connectivity index (χ2n) is 4.22. The van der Waals surface area contributed by atoms with Gasteiger partial charge in [0.25, 0.3) is 0 Å². The summed E-state index contributed by atoms with van der Waals surface area (Å²) in [6.45, 7) is 0.